The number of halogens is 2. The second-order valence-electron chi connectivity index (χ2n) is 5.11. The van der Waals surface area contributed by atoms with Gasteiger partial charge in [-0.1, -0.05) is 12.8 Å². The van der Waals surface area contributed by atoms with Crippen molar-refractivity contribution in [2.75, 3.05) is 13.7 Å². The number of ether oxygens (including phenoxy) is 1. The average Bonchev–Trinajstić information content (AvgIpc) is 2.96. The van der Waals surface area contributed by atoms with Gasteiger partial charge in [0, 0.05) is 17.7 Å². The Morgan fingerprint density at radius 2 is 1.76 bits per heavy atom. The quantitative estimate of drug-likeness (QED) is 0.802. The van der Waals surface area contributed by atoms with Gasteiger partial charge in [-0.25, -0.2) is 8.78 Å². The monoisotopic (exact) mass is 297 g/mol. The normalized spacial score (nSPS) is 15.0. The Kier molecular flexibility index (Phi) is 4.88. The van der Waals surface area contributed by atoms with Crippen LogP contribution in [-0.2, 0) is 9.53 Å². The van der Waals surface area contributed by atoms with Crippen molar-refractivity contribution in [3.8, 4) is 0 Å². The summed E-state index contributed by atoms with van der Waals surface area (Å²) in [6.07, 6.45) is 3.49. The van der Waals surface area contributed by atoms with Crippen molar-refractivity contribution < 1.29 is 23.1 Å². The van der Waals surface area contributed by atoms with E-state index in [1.54, 1.807) is 0 Å². The number of methoxy groups -OCH3 is 1. The Hall–Kier alpha value is -1.98. The minimum atomic E-state index is -0.817. The van der Waals surface area contributed by atoms with E-state index < -0.39 is 23.5 Å². The van der Waals surface area contributed by atoms with E-state index in [0.717, 1.165) is 37.8 Å². The molecule has 0 heterocycles. The Morgan fingerprint density at radius 1 is 1.19 bits per heavy atom. The van der Waals surface area contributed by atoms with Gasteiger partial charge in [0.1, 0.15) is 18.2 Å². The molecule has 0 spiro atoms. The van der Waals surface area contributed by atoms with Crippen LogP contribution in [0.2, 0.25) is 0 Å². The van der Waals surface area contributed by atoms with Crippen LogP contribution < -0.4 is 0 Å². The zero-order chi connectivity index (χ0) is 15.4. The number of esters is 1. The molecule has 1 aliphatic carbocycles. The molecule has 2 rings (SSSR count). The van der Waals surface area contributed by atoms with Crippen molar-refractivity contribution in [3.05, 3.63) is 35.4 Å². The van der Waals surface area contributed by atoms with E-state index in [2.05, 4.69) is 4.74 Å². The van der Waals surface area contributed by atoms with Crippen molar-refractivity contribution in [1.29, 1.82) is 0 Å². The molecule has 0 aliphatic heterocycles. The van der Waals surface area contributed by atoms with Crippen LogP contribution in [0.4, 0.5) is 8.78 Å². The summed E-state index contributed by atoms with van der Waals surface area (Å²) in [5.74, 6) is -2.73. The number of benzene rings is 1. The molecule has 0 N–H and O–H groups in total. The summed E-state index contributed by atoms with van der Waals surface area (Å²) in [6.45, 7) is -0.210. The first-order valence-corrected chi connectivity index (χ1v) is 6.85. The predicted octanol–water partition coefficient (Wildman–Crippen LogP) is 2.52. The number of carbonyl (C=O) groups excluding carboxylic acids is 2. The highest BCUT2D eigenvalue weighted by Gasteiger charge is 2.29. The third kappa shape index (κ3) is 3.77. The smallest absolute Gasteiger partial charge is 0.325 e. The van der Waals surface area contributed by atoms with Crippen LogP contribution in [0.15, 0.2) is 18.2 Å². The van der Waals surface area contributed by atoms with Crippen molar-refractivity contribution >= 4 is 11.9 Å². The number of hydrogen-bond donors (Lipinski definition) is 0. The first-order valence-electron chi connectivity index (χ1n) is 6.85. The lowest BCUT2D eigenvalue weighted by Gasteiger charge is -2.28. The molecule has 21 heavy (non-hydrogen) atoms. The molecule has 0 aromatic heterocycles. The molecule has 4 nitrogen and oxygen atoms in total. The second-order valence-corrected chi connectivity index (χ2v) is 5.11. The topological polar surface area (TPSA) is 46.6 Å². The fourth-order valence-electron chi connectivity index (χ4n) is 2.63. The van der Waals surface area contributed by atoms with Crippen molar-refractivity contribution in [3.63, 3.8) is 0 Å². The van der Waals surface area contributed by atoms with Crippen LogP contribution in [0, 0.1) is 11.6 Å². The summed E-state index contributed by atoms with van der Waals surface area (Å²) in [5.41, 5.74) is -0.0942. The van der Waals surface area contributed by atoms with Crippen molar-refractivity contribution in [2.45, 2.75) is 31.7 Å². The van der Waals surface area contributed by atoms with Gasteiger partial charge in [-0.05, 0) is 25.0 Å². The molecule has 0 saturated heterocycles. The Labute approximate surface area is 121 Å². The van der Waals surface area contributed by atoms with E-state index in [9.17, 15) is 18.4 Å². The van der Waals surface area contributed by atoms with Crippen LogP contribution in [0.1, 0.15) is 36.0 Å². The van der Waals surface area contributed by atoms with E-state index in [0.29, 0.717) is 6.07 Å². The molecule has 0 atom stereocenters. The number of hydrogen-bond acceptors (Lipinski definition) is 3. The molecule has 6 heteroatoms. The summed E-state index contributed by atoms with van der Waals surface area (Å²) >= 11 is 0. The highest BCUT2D eigenvalue weighted by molar-refractivity contribution is 5.96. The van der Waals surface area contributed by atoms with Gasteiger partial charge in [0.25, 0.3) is 5.91 Å². The minimum absolute atomic E-state index is 0.0942. The molecular weight excluding hydrogens is 280 g/mol. The van der Waals surface area contributed by atoms with Crippen LogP contribution in [0.3, 0.4) is 0 Å². The fraction of sp³-hybridized carbons (Fsp3) is 0.467. The van der Waals surface area contributed by atoms with Gasteiger partial charge in [-0.3, -0.25) is 9.59 Å². The van der Waals surface area contributed by atoms with Gasteiger partial charge in [0.2, 0.25) is 0 Å². The van der Waals surface area contributed by atoms with E-state index in [-0.39, 0.29) is 18.2 Å². The zero-order valence-electron chi connectivity index (χ0n) is 11.8. The van der Waals surface area contributed by atoms with Gasteiger partial charge >= 0.3 is 5.97 Å². The molecule has 0 radical (unpaired) electrons. The Bertz CT molecular complexity index is 521. The molecule has 0 unspecified atom stereocenters. The molecule has 0 bridgehead atoms. The summed E-state index contributed by atoms with van der Waals surface area (Å²) in [4.78, 5) is 25.3. The lowest BCUT2D eigenvalue weighted by atomic mass is 10.1. The lowest BCUT2D eigenvalue weighted by molar-refractivity contribution is -0.141. The first-order chi connectivity index (χ1) is 10.0. The van der Waals surface area contributed by atoms with Gasteiger partial charge in [-0.15, -0.1) is 0 Å². The molecule has 1 saturated carbocycles. The summed E-state index contributed by atoms with van der Waals surface area (Å²) in [6, 6.07) is 2.56. The molecule has 1 amide bonds. The molecule has 1 aromatic carbocycles. The maximum absolute atomic E-state index is 13.3. The van der Waals surface area contributed by atoms with Crippen LogP contribution in [0.5, 0.6) is 0 Å². The summed E-state index contributed by atoms with van der Waals surface area (Å²) < 4.78 is 31.1. The van der Waals surface area contributed by atoms with Gasteiger partial charge in [0.15, 0.2) is 0 Å². The number of carbonyl (C=O) groups is 2. The standard InChI is InChI=1S/C15H17F2NO3/c1-21-14(19)9-18(13-4-2-3-5-13)15(20)10-6-11(16)8-12(17)7-10/h6-8,13H,2-5,9H2,1H3. The second kappa shape index (κ2) is 6.65. The fourth-order valence-corrected chi connectivity index (χ4v) is 2.63. The highest BCUT2D eigenvalue weighted by atomic mass is 19.1. The molecule has 1 fully saturated rings. The van der Waals surface area contributed by atoms with Crippen LogP contribution in [0.25, 0.3) is 0 Å². The molecule has 114 valence electrons. The number of amides is 1. The largest absolute Gasteiger partial charge is 0.468 e. The Balaban J connectivity index is 2.25. The van der Waals surface area contributed by atoms with Crippen molar-refractivity contribution in [2.24, 2.45) is 0 Å². The van der Waals surface area contributed by atoms with E-state index in [1.807, 2.05) is 0 Å². The van der Waals surface area contributed by atoms with Gasteiger partial charge in [-0.2, -0.15) is 0 Å². The van der Waals surface area contributed by atoms with Gasteiger partial charge in [0.05, 0.1) is 7.11 Å². The maximum Gasteiger partial charge on any atom is 0.325 e. The van der Waals surface area contributed by atoms with Crippen LogP contribution >= 0.6 is 0 Å². The maximum atomic E-state index is 13.3. The Morgan fingerprint density at radius 3 is 2.29 bits per heavy atom. The number of rotatable bonds is 4. The third-order valence-corrected chi connectivity index (χ3v) is 3.66. The van der Waals surface area contributed by atoms with E-state index >= 15 is 0 Å². The van der Waals surface area contributed by atoms with E-state index in [1.165, 1.54) is 12.0 Å². The van der Waals surface area contributed by atoms with Crippen molar-refractivity contribution in [1.82, 2.24) is 4.90 Å². The summed E-state index contributed by atoms with van der Waals surface area (Å²) in [7, 11) is 1.24. The molecule has 1 aromatic rings. The minimum Gasteiger partial charge on any atom is -0.468 e. The molecule has 1 aliphatic rings. The number of nitrogens with zero attached hydrogens (tertiary/aromatic N) is 1. The third-order valence-electron chi connectivity index (χ3n) is 3.66. The predicted molar refractivity (Wildman–Crippen MR) is 71.7 cm³/mol. The highest BCUT2D eigenvalue weighted by Crippen LogP contribution is 2.25. The average molecular weight is 297 g/mol. The van der Waals surface area contributed by atoms with Gasteiger partial charge < -0.3 is 9.64 Å². The molecular formula is C15H17F2NO3. The summed E-state index contributed by atoms with van der Waals surface area (Å²) in [5, 5.41) is 0. The SMILES string of the molecule is COC(=O)CN(C(=O)c1cc(F)cc(F)c1)C1CCCC1. The van der Waals surface area contributed by atoms with E-state index in [4.69, 9.17) is 0 Å². The zero-order valence-corrected chi connectivity index (χ0v) is 11.8. The van der Waals surface area contributed by atoms with Crippen LogP contribution in [-0.4, -0.2) is 36.5 Å². The lowest BCUT2D eigenvalue weighted by Crippen LogP contribution is -2.42. The first kappa shape index (κ1) is 15.4.